The predicted molar refractivity (Wildman–Crippen MR) is 109 cm³/mol. The number of nitrogens with one attached hydrogen (secondary N) is 2. The van der Waals surface area contributed by atoms with Crippen molar-refractivity contribution < 1.29 is 14.5 Å². The molecule has 1 aliphatic heterocycles. The minimum Gasteiger partial charge on any atom is -0.358 e. The second-order valence-corrected chi connectivity index (χ2v) is 6.59. The van der Waals surface area contributed by atoms with E-state index >= 15 is 0 Å². The van der Waals surface area contributed by atoms with E-state index in [1.165, 1.54) is 4.68 Å². The summed E-state index contributed by atoms with van der Waals surface area (Å²) in [6, 6.07) is 11.7. The van der Waals surface area contributed by atoms with E-state index in [-0.39, 0.29) is 11.7 Å². The van der Waals surface area contributed by atoms with Gasteiger partial charge in [0.1, 0.15) is 5.56 Å². The molecule has 2 N–H and O–H groups in total. The number of amides is 2. The van der Waals surface area contributed by atoms with E-state index in [4.69, 9.17) is 6.42 Å². The summed E-state index contributed by atoms with van der Waals surface area (Å²) < 4.78 is 1.37. The molecule has 0 bridgehead atoms. The van der Waals surface area contributed by atoms with Crippen molar-refractivity contribution in [3.63, 3.8) is 0 Å². The van der Waals surface area contributed by atoms with Gasteiger partial charge in [0.2, 0.25) is 0 Å². The molecule has 0 spiro atoms. The van der Waals surface area contributed by atoms with Crippen LogP contribution in [0.15, 0.2) is 48.7 Å². The van der Waals surface area contributed by atoms with E-state index < -0.39 is 10.8 Å². The molecule has 2 amide bonds. The number of carbonyl (C=O) groups is 2. The van der Waals surface area contributed by atoms with Crippen LogP contribution in [0.2, 0.25) is 0 Å². The average molecular weight is 401 g/mol. The van der Waals surface area contributed by atoms with Crippen LogP contribution >= 0.6 is 0 Å². The molecule has 1 aromatic heterocycles. The van der Waals surface area contributed by atoms with Crippen LogP contribution in [0.1, 0.15) is 15.9 Å². The zero-order valence-electron chi connectivity index (χ0n) is 15.6. The molecular weight excluding hydrogens is 386 g/mol. The van der Waals surface area contributed by atoms with Crippen LogP contribution in [0.25, 0.3) is 16.8 Å². The van der Waals surface area contributed by atoms with Crippen molar-refractivity contribution in [1.82, 2.24) is 15.1 Å². The predicted octanol–water partition coefficient (Wildman–Crippen LogP) is 2.31. The summed E-state index contributed by atoms with van der Waals surface area (Å²) in [5.74, 6) is 0.895. The molecule has 0 saturated heterocycles. The highest BCUT2D eigenvalue weighted by atomic mass is 16.6. The molecule has 2 heterocycles. The second-order valence-electron chi connectivity index (χ2n) is 6.59. The van der Waals surface area contributed by atoms with Gasteiger partial charge in [-0.2, -0.15) is 0 Å². The highest BCUT2D eigenvalue weighted by Crippen LogP contribution is 2.32. The first-order valence-electron chi connectivity index (χ1n) is 9.00. The van der Waals surface area contributed by atoms with E-state index in [1.807, 2.05) is 5.92 Å². The molecule has 2 aromatic carbocycles. The Balaban J connectivity index is 1.76. The Hall–Kier alpha value is -4.45. The number of terminal acetylenes is 1. The number of benzene rings is 2. The van der Waals surface area contributed by atoms with Gasteiger partial charge in [-0.25, -0.2) is 0 Å². The summed E-state index contributed by atoms with van der Waals surface area (Å²) in [5.41, 5.74) is 3.27. The maximum absolute atomic E-state index is 11.9. The van der Waals surface area contributed by atoms with Crippen LogP contribution in [-0.2, 0) is 11.2 Å². The van der Waals surface area contributed by atoms with Crippen molar-refractivity contribution in [1.29, 1.82) is 0 Å². The second kappa shape index (κ2) is 7.52. The van der Waals surface area contributed by atoms with Crippen LogP contribution in [0.3, 0.4) is 0 Å². The summed E-state index contributed by atoms with van der Waals surface area (Å²) >= 11 is 0. The molecule has 30 heavy (non-hydrogen) atoms. The van der Waals surface area contributed by atoms with Crippen molar-refractivity contribution in [3.05, 3.63) is 69.9 Å². The molecule has 0 saturated carbocycles. The molecule has 0 aliphatic carbocycles. The number of rotatable bonds is 4. The highest BCUT2D eigenvalue weighted by molar-refractivity contribution is 6.03. The minimum absolute atomic E-state index is 0.154. The Bertz CT molecular complexity index is 1240. The van der Waals surface area contributed by atoms with E-state index in [0.29, 0.717) is 41.0 Å². The number of nitro groups is 1. The number of fused-ring (bicyclic) bond motifs is 1. The molecule has 0 unspecified atom stereocenters. The van der Waals surface area contributed by atoms with Gasteiger partial charge in [-0.3, -0.25) is 9.59 Å². The van der Waals surface area contributed by atoms with Gasteiger partial charge in [-0.05, 0) is 58.7 Å². The van der Waals surface area contributed by atoms with Gasteiger partial charge >= 0.3 is 5.82 Å². The van der Waals surface area contributed by atoms with Gasteiger partial charge in [-0.15, -0.1) is 11.1 Å². The van der Waals surface area contributed by atoms with Crippen LogP contribution < -0.4 is 10.6 Å². The number of aromatic nitrogens is 2. The number of anilines is 1. The van der Waals surface area contributed by atoms with Gasteiger partial charge < -0.3 is 20.7 Å². The number of hydrogen-bond acceptors (Lipinski definition) is 5. The monoisotopic (exact) mass is 401 g/mol. The normalized spacial score (nSPS) is 12.4. The summed E-state index contributed by atoms with van der Waals surface area (Å²) in [6.45, 7) is 0.521. The molecule has 3 aromatic rings. The first-order chi connectivity index (χ1) is 14.5. The van der Waals surface area contributed by atoms with Crippen LogP contribution in [0.5, 0.6) is 0 Å². The van der Waals surface area contributed by atoms with Crippen molar-refractivity contribution >= 4 is 23.3 Å². The lowest BCUT2D eigenvalue weighted by Gasteiger charge is -2.16. The molecule has 9 nitrogen and oxygen atoms in total. The van der Waals surface area contributed by atoms with Crippen molar-refractivity contribution in [2.45, 2.75) is 6.42 Å². The molecule has 0 fully saturated rings. The lowest BCUT2D eigenvalue weighted by molar-refractivity contribution is -0.389. The lowest BCUT2D eigenvalue weighted by atomic mass is 9.96. The zero-order chi connectivity index (χ0) is 21.3. The fourth-order valence-corrected chi connectivity index (χ4v) is 3.32. The third-order valence-corrected chi connectivity index (χ3v) is 4.71. The maximum atomic E-state index is 11.9. The Morgan fingerprint density at radius 3 is 2.87 bits per heavy atom. The van der Waals surface area contributed by atoms with Crippen LogP contribution in [-0.4, -0.2) is 33.1 Å². The SMILES string of the molecule is C#CC(=O)Nc1cccc(-n2cc(-c3ccc4c(c3)CCNC4=O)c([N+](=O)[O-])n2)c1. The van der Waals surface area contributed by atoms with Crippen LogP contribution in [0, 0.1) is 22.5 Å². The smallest absolute Gasteiger partial charge is 0.358 e. The summed E-state index contributed by atoms with van der Waals surface area (Å²) in [5, 5.41) is 21.0. The Kier molecular flexibility index (Phi) is 4.74. The van der Waals surface area contributed by atoms with Gasteiger partial charge in [0.25, 0.3) is 11.8 Å². The maximum Gasteiger partial charge on any atom is 0.398 e. The van der Waals surface area contributed by atoms with E-state index in [9.17, 15) is 19.7 Å². The van der Waals surface area contributed by atoms with E-state index in [0.717, 1.165) is 5.56 Å². The first-order valence-corrected chi connectivity index (χ1v) is 9.00. The fraction of sp³-hybridized carbons (Fsp3) is 0.0952. The van der Waals surface area contributed by atoms with Crippen molar-refractivity contribution in [2.24, 2.45) is 0 Å². The van der Waals surface area contributed by atoms with Gasteiger partial charge in [0.05, 0.1) is 17.0 Å². The molecule has 0 radical (unpaired) electrons. The van der Waals surface area contributed by atoms with Gasteiger partial charge in [0, 0.05) is 17.8 Å². The third kappa shape index (κ3) is 3.49. The van der Waals surface area contributed by atoms with Crippen molar-refractivity contribution in [2.75, 3.05) is 11.9 Å². The lowest BCUT2D eigenvalue weighted by Crippen LogP contribution is -2.31. The Morgan fingerprint density at radius 1 is 1.27 bits per heavy atom. The highest BCUT2D eigenvalue weighted by Gasteiger charge is 2.25. The zero-order valence-corrected chi connectivity index (χ0v) is 15.6. The first kappa shape index (κ1) is 18.9. The number of nitrogens with zero attached hydrogens (tertiary/aromatic N) is 3. The van der Waals surface area contributed by atoms with Gasteiger partial charge in [-0.1, -0.05) is 12.1 Å². The summed E-state index contributed by atoms with van der Waals surface area (Å²) in [4.78, 5) is 34.4. The average Bonchev–Trinajstić information content (AvgIpc) is 3.20. The molecule has 9 heteroatoms. The van der Waals surface area contributed by atoms with E-state index in [2.05, 4.69) is 15.7 Å². The summed E-state index contributed by atoms with van der Waals surface area (Å²) in [6.07, 6.45) is 7.26. The Morgan fingerprint density at radius 2 is 2.10 bits per heavy atom. The molecular formula is C21H15N5O4. The largest absolute Gasteiger partial charge is 0.398 e. The minimum atomic E-state index is -0.600. The topological polar surface area (TPSA) is 119 Å². The van der Waals surface area contributed by atoms with Gasteiger partial charge in [0.15, 0.2) is 0 Å². The number of hydrogen-bond donors (Lipinski definition) is 2. The number of carbonyl (C=O) groups excluding carboxylic acids is 2. The molecule has 4 rings (SSSR count). The molecule has 1 aliphatic rings. The summed E-state index contributed by atoms with van der Waals surface area (Å²) in [7, 11) is 0. The van der Waals surface area contributed by atoms with E-state index in [1.54, 1.807) is 48.7 Å². The molecule has 0 atom stereocenters. The van der Waals surface area contributed by atoms with Crippen molar-refractivity contribution in [3.8, 4) is 29.2 Å². The Labute approximate surface area is 170 Å². The standard InChI is InChI=1S/C21H15N5O4/c1-2-19(27)23-15-4-3-5-16(11-15)25-12-18(20(24-25)26(29)30)13-6-7-17-14(10-13)8-9-22-21(17)28/h1,3-7,10-12H,8-9H2,(H,22,28)(H,23,27). The third-order valence-electron chi connectivity index (χ3n) is 4.71. The molecule has 148 valence electrons. The fourth-order valence-electron chi connectivity index (χ4n) is 3.32. The quantitative estimate of drug-likeness (QED) is 0.395. The van der Waals surface area contributed by atoms with Crippen LogP contribution in [0.4, 0.5) is 11.5 Å².